The maximum Gasteiger partial charge on any atom is 0.192 e. The van der Waals surface area contributed by atoms with Crippen molar-refractivity contribution in [3.63, 3.8) is 0 Å². The lowest BCUT2D eigenvalue weighted by atomic mass is 9.62. The molecule has 170 valence electrons. The zero-order valence-corrected chi connectivity index (χ0v) is 20.5. The lowest BCUT2D eigenvalue weighted by molar-refractivity contribution is -0.00421. The van der Waals surface area contributed by atoms with Crippen LogP contribution in [0.25, 0.3) is 0 Å². The molecule has 0 amide bonds. The highest BCUT2D eigenvalue weighted by Gasteiger charge is 2.54. The van der Waals surface area contributed by atoms with Crippen molar-refractivity contribution in [2.24, 2.45) is 17.3 Å². The summed E-state index contributed by atoms with van der Waals surface area (Å²) < 4.78 is 52.6. The number of rotatable bonds is 8. The van der Waals surface area contributed by atoms with Gasteiger partial charge in [0, 0.05) is 20.9 Å². The van der Waals surface area contributed by atoms with E-state index in [1.54, 1.807) is 0 Å². The van der Waals surface area contributed by atoms with Crippen molar-refractivity contribution < 1.29 is 22.9 Å². The Bertz CT molecular complexity index is 742. The molecule has 0 saturated heterocycles. The Morgan fingerprint density at radius 1 is 1.24 bits per heavy atom. The van der Waals surface area contributed by atoms with Crippen LogP contribution in [0.5, 0.6) is 0 Å². The fraction of sp³-hybridized carbons (Fsp3) is 0.920. The van der Waals surface area contributed by atoms with E-state index in [0.29, 0.717) is 12.3 Å². The third-order valence-corrected chi connectivity index (χ3v) is 12.6. The molecular weight excluding hydrogens is 376 g/mol. The zero-order chi connectivity index (χ0) is 27.1. The lowest BCUT2D eigenvalue weighted by Crippen LogP contribution is -2.50. The molecule has 2 fully saturated rings. The smallest absolute Gasteiger partial charge is 0.192 e. The number of aliphatic hydroxyl groups is 2. The van der Waals surface area contributed by atoms with Gasteiger partial charge in [-0.3, -0.25) is 0 Å². The Morgan fingerprint density at radius 2 is 1.93 bits per heavy atom. The Morgan fingerprint density at radius 3 is 2.52 bits per heavy atom. The third-order valence-electron chi connectivity index (χ3n) is 8.08. The number of hydrogen-bond acceptors (Lipinski definition) is 3. The van der Waals surface area contributed by atoms with E-state index in [4.69, 9.17) is 12.7 Å². The number of fused-ring (bicyclic) bond motifs is 1. The first-order valence-corrected chi connectivity index (χ1v) is 14.3. The largest absolute Gasteiger partial charge is 0.414 e. The molecular formula is C25H48O3Si. The van der Waals surface area contributed by atoms with Crippen molar-refractivity contribution in [1.29, 1.82) is 0 Å². The van der Waals surface area contributed by atoms with Crippen LogP contribution in [0, 0.1) is 17.3 Å². The molecule has 0 aromatic heterocycles. The number of allylic oxidation sites excluding steroid dienone is 1. The Balaban J connectivity index is 2.27. The normalized spacial score (nSPS) is 35.7. The molecule has 0 spiro atoms. The average molecular weight is 431 g/mol. The standard InChI is InChI=1S/C25H48O3Si/c1-23(2,3)29(7,8)28-22-12-10-17-25(6)20(13-14-21(22)25)19(15-18-26)11-9-16-24(4,5)27/h11,20-22,26-27H,9-10,12-18H2,1-8H3/b19-11-/t20-,21+,22+,25-/m1/s1/i4D3,5D3. The highest BCUT2D eigenvalue weighted by molar-refractivity contribution is 6.74. The van der Waals surface area contributed by atoms with Gasteiger partial charge in [-0.1, -0.05) is 45.8 Å². The van der Waals surface area contributed by atoms with E-state index in [9.17, 15) is 10.2 Å². The molecule has 4 atom stereocenters. The molecule has 0 aliphatic heterocycles. The summed E-state index contributed by atoms with van der Waals surface area (Å²) in [5, 5.41) is 20.6. The van der Waals surface area contributed by atoms with Crippen molar-refractivity contribution in [2.75, 3.05) is 6.61 Å². The van der Waals surface area contributed by atoms with Crippen LogP contribution in [0.4, 0.5) is 0 Å². The fourth-order valence-electron chi connectivity index (χ4n) is 5.44. The molecule has 0 bridgehead atoms. The average Bonchev–Trinajstić information content (AvgIpc) is 3.02. The Labute approximate surface area is 189 Å². The molecule has 0 aromatic carbocycles. The summed E-state index contributed by atoms with van der Waals surface area (Å²) in [5.41, 5.74) is -1.67. The summed E-state index contributed by atoms with van der Waals surface area (Å²) in [6.45, 7) is 7.70. The van der Waals surface area contributed by atoms with Gasteiger partial charge in [0.05, 0.1) is 5.60 Å². The van der Waals surface area contributed by atoms with Gasteiger partial charge in [0.25, 0.3) is 0 Å². The fourth-order valence-corrected chi connectivity index (χ4v) is 6.83. The van der Waals surface area contributed by atoms with Crippen LogP contribution in [0.1, 0.15) is 101 Å². The van der Waals surface area contributed by atoms with E-state index >= 15 is 0 Å². The summed E-state index contributed by atoms with van der Waals surface area (Å²) in [7, 11) is -1.92. The van der Waals surface area contributed by atoms with Crippen LogP contribution in [0.3, 0.4) is 0 Å². The van der Waals surface area contributed by atoms with Crippen LogP contribution in [-0.2, 0) is 4.43 Å². The Hall–Kier alpha value is -0.163. The first-order chi connectivity index (χ1) is 15.7. The van der Waals surface area contributed by atoms with Gasteiger partial charge in [-0.2, -0.15) is 0 Å². The van der Waals surface area contributed by atoms with Crippen LogP contribution >= 0.6 is 0 Å². The van der Waals surface area contributed by atoms with Crippen molar-refractivity contribution >= 4 is 8.32 Å². The highest BCUT2D eigenvalue weighted by Crippen LogP contribution is 2.59. The predicted octanol–water partition coefficient (Wildman–Crippen LogP) is 6.45. The summed E-state index contributed by atoms with van der Waals surface area (Å²) >= 11 is 0. The zero-order valence-electron chi connectivity index (χ0n) is 25.5. The second-order valence-corrected chi connectivity index (χ2v) is 16.0. The minimum Gasteiger partial charge on any atom is -0.414 e. The topological polar surface area (TPSA) is 49.7 Å². The van der Waals surface area contributed by atoms with Gasteiger partial charge in [-0.25, -0.2) is 0 Å². The quantitative estimate of drug-likeness (QED) is 0.343. The van der Waals surface area contributed by atoms with Gasteiger partial charge in [0.2, 0.25) is 0 Å². The molecule has 0 aromatic rings. The van der Waals surface area contributed by atoms with Crippen LogP contribution in [-0.4, -0.2) is 36.8 Å². The first-order valence-electron chi connectivity index (χ1n) is 14.4. The van der Waals surface area contributed by atoms with Crippen LogP contribution < -0.4 is 0 Å². The van der Waals surface area contributed by atoms with Gasteiger partial charge in [0.15, 0.2) is 8.32 Å². The lowest BCUT2D eigenvalue weighted by Gasteiger charge is -2.49. The molecule has 0 radical (unpaired) electrons. The molecule has 3 nitrogen and oxygen atoms in total. The minimum atomic E-state index is -3.01. The molecule has 4 heteroatoms. The third kappa shape index (κ3) is 5.96. The van der Waals surface area contributed by atoms with Crippen molar-refractivity contribution in [1.82, 2.24) is 0 Å². The van der Waals surface area contributed by atoms with Gasteiger partial charge >= 0.3 is 0 Å². The summed E-state index contributed by atoms with van der Waals surface area (Å²) in [6.07, 6.45) is 7.64. The predicted molar refractivity (Wildman–Crippen MR) is 126 cm³/mol. The van der Waals surface area contributed by atoms with E-state index in [0.717, 1.165) is 37.7 Å². The highest BCUT2D eigenvalue weighted by atomic mass is 28.4. The maximum atomic E-state index is 10.6. The molecule has 2 aliphatic rings. The molecule has 2 saturated carbocycles. The van der Waals surface area contributed by atoms with Crippen LogP contribution in [0.15, 0.2) is 11.6 Å². The SMILES string of the molecule is [2H]C([2H])([2H])C(O)(CC/C=C(/CCO)[C@H]1CC[C@H]2[C@@H](O[Si](C)(C)C(C)(C)C)CCC[C@]12C)C([2H])([2H])[2H]. The molecule has 0 unspecified atom stereocenters. The van der Waals surface area contributed by atoms with Gasteiger partial charge in [0.1, 0.15) is 0 Å². The van der Waals surface area contributed by atoms with E-state index < -0.39 is 27.6 Å². The molecule has 29 heavy (non-hydrogen) atoms. The first kappa shape index (κ1) is 17.4. The number of aliphatic hydroxyl groups excluding tert-OH is 1. The maximum absolute atomic E-state index is 10.6. The van der Waals surface area contributed by atoms with Crippen LogP contribution in [0.2, 0.25) is 18.1 Å². The molecule has 2 rings (SSSR count). The molecule has 2 N–H and O–H groups in total. The second kappa shape index (κ2) is 9.14. The summed E-state index contributed by atoms with van der Waals surface area (Å²) in [6, 6.07) is 0. The molecule has 0 heterocycles. The molecule has 2 aliphatic carbocycles. The number of hydrogen-bond donors (Lipinski definition) is 2. The monoisotopic (exact) mass is 430 g/mol. The Kier molecular flexibility index (Phi) is 5.48. The minimum absolute atomic E-state index is 0.0181. The summed E-state index contributed by atoms with van der Waals surface area (Å²) in [4.78, 5) is 0. The van der Waals surface area contributed by atoms with Crippen molar-refractivity contribution in [3.05, 3.63) is 11.6 Å². The summed E-state index contributed by atoms with van der Waals surface area (Å²) in [5.74, 6) is 0.665. The van der Waals surface area contributed by atoms with Gasteiger partial charge < -0.3 is 14.6 Å². The van der Waals surface area contributed by atoms with Gasteiger partial charge in [-0.15, -0.1) is 0 Å². The van der Waals surface area contributed by atoms with E-state index in [1.807, 2.05) is 6.08 Å². The van der Waals surface area contributed by atoms with E-state index in [-0.39, 0.29) is 41.9 Å². The van der Waals surface area contributed by atoms with E-state index in [1.165, 1.54) is 0 Å². The van der Waals surface area contributed by atoms with Gasteiger partial charge in [-0.05, 0) is 94.0 Å². The van der Waals surface area contributed by atoms with Crippen molar-refractivity contribution in [3.8, 4) is 0 Å². The van der Waals surface area contributed by atoms with E-state index in [2.05, 4.69) is 40.8 Å². The second-order valence-electron chi connectivity index (χ2n) is 11.2. The van der Waals surface area contributed by atoms with Crippen molar-refractivity contribution in [2.45, 2.75) is 123 Å².